The van der Waals surface area contributed by atoms with E-state index in [4.69, 9.17) is 9.47 Å². The number of ether oxygens (including phenoxy) is 2. The van der Waals surface area contributed by atoms with E-state index in [1.165, 1.54) is 0 Å². The van der Waals surface area contributed by atoms with Gasteiger partial charge in [-0.1, -0.05) is 0 Å². The summed E-state index contributed by atoms with van der Waals surface area (Å²) < 4.78 is 12.8. The van der Waals surface area contributed by atoms with E-state index in [0.717, 1.165) is 36.9 Å². The lowest BCUT2D eigenvalue weighted by Crippen LogP contribution is -2.51. The van der Waals surface area contributed by atoms with Gasteiger partial charge in [0.05, 0.1) is 11.6 Å². The first kappa shape index (κ1) is 28.9. The predicted molar refractivity (Wildman–Crippen MR) is 150 cm³/mol. The Morgan fingerprint density at radius 2 is 1.69 bits per heavy atom. The third-order valence-corrected chi connectivity index (χ3v) is 7.04. The first-order valence-corrected chi connectivity index (χ1v) is 13.9. The van der Waals surface area contributed by atoms with Gasteiger partial charge in [-0.2, -0.15) is 0 Å². The zero-order valence-electron chi connectivity index (χ0n) is 24.4. The molecule has 2 aliphatic rings. The lowest BCUT2D eigenvalue weighted by Gasteiger charge is -2.39. The molecule has 10 nitrogen and oxygen atoms in total. The number of hydrogen-bond acceptors (Lipinski definition) is 7. The molecule has 214 valence electrons. The first-order valence-electron chi connectivity index (χ1n) is 13.9. The zero-order chi connectivity index (χ0) is 28.5. The molecule has 0 radical (unpaired) electrons. The summed E-state index contributed by atoms with van der Waals surface area (Å²) in [5, 5.41) is 3.72. The van der Waals surface area contributed by atoms with Crippen LogP contribution in [0.2, 0.25) is 0 Å². The maximum absolute atomic E-state index is 13.3. The Labute approximate surface area is 231 Å². The number of anilines is 1. The van der Waals surface area contributed by atoms with Crippen LogP contribution in [-0.4, -0.2) is 75.3 Å². The number of likely N-dealkylation sites (tertiary alicyclic amines) is 2. The van der Waals surface area contributed by atoms with Crippen LogP contribution >= 0.6 is 0 Å². The van der Waals surface area contributed by atoms with Gasteiger partial charge in [0.1, 0.15) is 17.0 Å². The minimum Gasteiger partial charge on any atom is -0.444 e. The van der Waals surface area contributed by atoms with Crippen LogP contribution in [0.5, 0.6) is 0 Å². The number of amides is 2. The van der Waals surface area contributed by atoms with Crippen LogP contribution in [0.4, 0.5) is 15.4 Å². The van der Waals surface area contributed by atoms with Gasteiger partial charge in [0.15, 0.2) is 0 Å². The van der Waals surface area contributed by atoms with E-state index in [-0.39, 0.29) is 18.0 Å². The monoisotopic (exact) mass is 541 g/mol. The Kier molecular flexibility index (Phi) is 8.25. The molecule has 2 aromatic heterocycles. The summed E-state index contributed by atoms with van der Waals surface area (Å²) in [6.07, 6.45) is 4.94. The quantitative estimate of drug-likeness (QED) is 0.510. The molecule has 10 heteroatoms. The molecule has 1 atom stereocenters. The van der Waals surface area contributed by atoms with Crippen molar-refractivity contribution >= 4 is 34.8 Å². The van der Waals surface area contributed by atoms with Gasteiger partial charge in [0.25, 0.3) is 0 Å². The van der Waals surface area contributed by atoms with Crippen molar-refractivity contribution in [3.63, 3.8) is 0 Å². The molecule has 0 unspecified atom stereocenters. The molecule has 2 saturated heterocycles. The molecule has 4 rings (SSSR count). The average Bonchev–Trinajstić information content (AvgIpc) is 3.35. The number of nitrogens with one attached hydrogen (secondary N) is 1. The fourth-order valence-electron chi connectivity index (χ4n) is 5.22. The van der Waals surface area contributed by atoms with Crippen molar-refractivity contribution in [3.8, 4) is 0 Å². The number of aromatic nitrogens is 2. The molecule has 2 amide bonds. The van der Waals surface area contributed by atoms with Crippen molar-refractivity contribution in [2.45, 2.75) is 90.9 Å². The van der Waals surface area contributed by atoms with Crippen LogP contribution in [0, 0.1) is 5.92 Å². The summed E-state index contributed by atoms with van der Waals surface area (Å²) in [6, 6.07) is 3.87. The highest BCUT2D eigenvalue weighted by Gasteiger charge is 2.33. The van der Waals surface area contributed by atoms with Crippen molar-refractivity contribution in [1.29, 1.82) is 0 Å². The fourth-order valence-corrected chi connectivity index (χ4v) is 5.22. The molecule has 0 saturated carbocycles. The second-order valence-corrected chi connectivity index (χ2v) is 12.8. The molecule has 2 aromatic rings. The van der Waals surface area contributed by atoms with Crippen molar-refractivity contribution in [2.24, 2.45) is 5.92 Å². The molecule has 0 spiro atoms. The van der Waals surface area contributed by atoms with Crippen molar-refractivity contribution in [3.05, 3.63) is 24.0 Å². The molecule has 0 bridgehead atoms. The summed E-state index contributed by atoms with van der Waals surface area (Å²) in [7, 11) is 2.07. The number of pyridine rings is 1. The average molecular weight is 542 g/mol. The van der Waals surface area contributed by atoms with E-state index in [1.54, 1.807) is 21.7 Å². The molecular weight excluding hydrogens is 498 g/mol. The number of rotatable bonds is 6. The molecule has 1 N–H and O–H groups in total. The Hall–Kier alpha value is -3.14. The number of fused-ring (bicyclic) bond motifs is 1. The zero-order valence-corrected chi connectivity index (χ0v) is 24.4. The highest BCUT2D eigenvalue weighted by molar-refractivity contribution is 5.95. The topological polar surface area (TPSA) is 106 Å². The van der Waals surface area contributed by atoms with Gasteiger partial charge < -0.3 is 19.7 Å². The van der Waals surface area contributed by atoms with Crippen LogP contribution in [0.1, 0.15) is 85.4 Å². The van der Waals surface area contributed by atoms with E-state index < -0.39 is 17.3 Å². The van der Waals surface area contributed by atoms with Gasteiger partial charge in [-0.15, -0.1) is 0 Å². The maximum Gasteiger partial charge on any atom is 0.419 e. The largest absolute Gasteiger partial charge is 0.444 e. The van der Waals surface area contributed by atoms with Crippen LogP contribution < -0.4 is 5.32 Å². The highest BCUT2D eigenvalue weighted by Crippen LogP contribution is 2.35. The van der Waals surface area contributed by atoms with Crippen LogP contribution in [0.25, 0.3) is 10.9 Å². The fraction of sp³-hybridized carbons (Fsp3) is 0.655. The van der Waals surface area contributed by atoms with Crippen molar-refractivity contribution in [1.82, 2.24) is 19.4 Å². The first-order chi connectivity index (χ1) is 18.2. The summed E-state index contributed by atoms with van der Waals surface area (Å²) in [5.74, 6) is 0.654. The number of nitrogens with zero attached hydrogens (tertiary/aromatic N) is 4. The van der Waals surface area contributed by atoms with Crippen LogP contribution in [-0.2, 0) is 14.3 Å². The second kappa shape index (κ2) is 11.2. The Balaban J connectivity index is 1.38. The number of carbonyl (C=O) groups is 3. The van der Waals surface area contributed by atoms with Crippen molar-refractivity contribution < 1.29 is 23.9 Å². The smallest absolute Gasteiger partial charge is 0.419 e. The lowest BCUT2D eigenvalue weighted by atomic mass is 9.94. The van der Waals surface area contributed by atoms with Gasteiger partial charge in [-0.3, -0.25) is 9.69 Å². The van der Waals surface area contributed by atoms with Gasteiger partial charge in [0, 0.05) is 42.9 Å². The van der Waals surface area contributed by atoms with E-state index in [2.05, 4.69) is 22.2 Å². The number of carbonyl (C=O) groups excluding carboxylic acids is 3. The minimum absolute atomic E-state index is 0.112. The molecule has 39 heavy (non-hydrogen) atoms. The summed E-state index contributed by atoms with van der Waals surface area (Å²) in [5.41, 5.74) is 0.410. The summed E-state index contributed by atoms with van der Waals surface area (Å²) in [6.45, 7) is 13.4. The molecule has 2 aliphatic heterocycles. The number of hydrogen-bond donors (Lipinski definition) is 1. The summed E-state index contributed by atoms with van der Waals surface area (Å²) >= 11 is 0. The SMILES string of the molecule is CN1CCC[C@@H]1c1cc2cnc(NC(=O)CCCC3CN(C(=O)OC(C)(C)C)C3)cc2n1C(=O)OC(C)(C)C. The van der Waals surface area contributed by atoms with E-state index >= 15 is 0 Å². The van der Waals surface area contributed by atoms with E-state index in [1.807, 2.05) is 47.6 Å². The highest BCUT2D eigenvalue weighted by atomic mass is 16.6. The second-order valence-electron chi connectivity index (χ2n) is 12.8. The van der Waals surface area contributed by atoms with Gasteiger partial charge >= 0.3 is 12.2 Å². The molecule has 0 aromatic carbocycles. The normalized spacial score (nSPS) is 18.7. The van der Waals surface area contributed by atoms with Gasteiger partial charge in [0.2, 0.25) is 5.91 Å². The van der Waals surface area contributed by atoms with Crippen LogP contribution in [0.15, 0.2) is 18.3 Å². The third-order valence-electron chi connectivity index (χ3n) is 7.04. The van der Waals surface area contributed by atoms with Crippen molar-refractivity contribution in [2.75, 3.05) is 32.0 Å². The van der Waals surface area contributed by atoms with Crippen LogP contribution in [0.3, 0.4) is 0 Å². The molecular formula is C29H43N5O5. The third kappa shape index (κ3) is 7.29. The standard InChI is InChI=1S/C29H43N5O5/c1-28(2,3)38-26(36)33-17-19(18-33)10-8-12-25(35)31-24-15-22-20(16-30-24)14-23(21-11-9-13-32(21)7)34(22)27(37)39-29(4,5)6/h14-16,19,21H,8-13,17-18H2,1-7H3,(H,30,31,35)/t21-/m1/s1. The molecule has 4 heterocycles. The predicted octanol–water partition coefficient (Wildman–Crippen LogP) is 5.56. The van der Waals surface area contributed by atoms with Gasteiger partial charge in [-0.05, 0) is 92.8 Å². The Morgan fingerprint density at radius 1 is 1.03 bits per heavy atom. The van der Waals surface area contributed by atoms with E-state index in [0.29, 0.717) is 43.2 Å². The Morgan fingerprint density at radius 3 is 2.31 bits per heavy atom. The van der Waals surface area contributed by atoms with E-state index in [9.17, 15) is 14.4 Å². The van der Waals surface area contributed by atoms with Gasteiger partial charge in [-0.25, -0.2) is 19.1 Å². The molecule has 0 aliphatic carbocycles. The lowest BCUT2D eigenvalue weighted by molar-refractivity contribution is -0.116. The summed E-state index contributed by atoms with van der Waals surface area (Å²) in [4.78, 5) is 46.5. The minimum atomic E-state index is -0.638. The maximum atomic E-state index is 13.3. The Bertz CT molecular complexity index is 1220. The molecule has 2 fully saturated rings.